The van der Waals surface area contributed by atoms with Gasteiger partial charge < -0.3 is 9.52 Å². The Morgan fingerprint density at radius 1 is 1.25 bits per heavy atom. The minimum absolute atomic E-state index is 0.149. The van der Waals surface area contributed by atoms with E-state index < -0.39 is 5.97 Å². The number of rotatable bonds is 4. The zero-order valence-electron chi connectivity index (χ0n) is 10.6. The highest BCUT2D eigenvalue weighted by Gasteiger charge is 2.09. The number of furan rings is 1. The van der Waals surface area contributed by atoms with E-state index >= 15 is 0 Å². The van der Waals surface area contributed by atoms with E-state index in [0.717, 1.165) is 11.1 Å². The predicted molar refractivity (Wildman–Crippen MR) is 72.4 cm³/mol. The molecule has 2 heterocycles. The second kappa shape index (κ2) is 5.05. The van der Waals surface area contributed by atoms with Crippen molar-refractivity contribution in [2.45, 2.75) is 6.54 Å². The molecule has 2 aromatic heterocycles. The number of benzene rings is 1. The van der Waals surface area contributed by atoms with Crippen molar-refractivity contribution < 1.29 is 14.3 Å². The molecule has 1 N–H and O–H groups in total. The van der Waals surface area contributed by atoms with Gasteiger partial charge >= 0.3 is 5.97 Å². The maximum Gasteiger partial charge on any atom is 0.338 e. The highest BCUT2D eigenvalue weighted by atomic mass is 16.4. The van der Waals surface area contributed by atoms with Gasteiger partial charge in [0.2, 0.25) is 0 Å². The van der Waals surface area contributed by atoms with Crippen LogP contribution >= 0.6 is 0 Å². The largest absolute Gasteiger partial charge is 0.478 e. The van der Waals surface area contributed by atoms with Gasteiger partial charge in [-0.25, -0.2) is 4.79 Å². The highest BCUT2D eigenvalue weighted by molar-refractivity contribution is 5.87. The molecule has 0 unspecified atom stereocenters. The van der Waals surface area contributed by atoms with E-state index in [0.29, 0.717) is 12.3 Å². The molecule has 0 fully saturated rings. The van der Waals surface area contributed by atoms with E-state index in [1.807, 2.05) is 36.5 Å². The Morgan fingerprint density at radius 2 is 2.05 bits per heavy atom. The number of hydrogen-bond acceptors (Lipinski definition) is 3. The van der Waals surface area contributed by atoms with Crippen LogP contribution in [0.5, 0.6) is 0 Å². The van der Waals surface area contributed by atoms with Crippen molar-refractivity contribution in [1.29, 1.82) is 0 Å². The SMILES string of the molecule is O=C(O)c1coc(Cn2cc(-c3ccccc3)cn2)c1. The lowest BCUT2D eigenvalue weighted by Gasteiger charge is -1.97. The van der Waals surface area contributed by atoms with Gasteiger partial charge in [-0.3, -0.25) is 4.68 Å². The van der Waals surface area contributed by atoms with Crippen molar-refractivity contribution in [3.05, 3.63) is 66.4 Å². The lowest BCUT2D eigenvalue weighted by molar-refractivity contribution is 0.0696. The molecule has 3 rings (SSSR count). The number of carboxylic acid groups (broad SMARTS) is 1. The van der Waals surface area contributed by atoms with Gasteiger partial charge in [-0.15, -0.1) is 0 Å². The molecule has 0 spiro atoms. The quantitative estimate of drug-likeness (QED) is 0.790. The lowest BCUT2D eigenvalue weighted by atomic mass is 10.1. The molecule has 0 amide bonds. The van der Waals surface area contributed by atoms with Gasteiger partial charge in [-0.05, 0) is 11.6 Å². The van der Waals surface area contributed by atoms with E-state index in [9.17, 15) is 4.79 Å². The summed E-state index contributed by atoms with van der Waals surface area (Å²) >= 11 is 0. The zero-order valence-corrected chi connectivity index (χ0v) is 10.6. The van der Waals surface area contributed by atoms with Crippen molar-refractivity contribution in [3.63, 3.8) is 0 Å². The second-order valence-electron chi connectivity index (χ2n) is 4.40. The molecule has 20 heavy (non-hydrogen) atoms. The van der Waals surface area contributed by atoms with Crippen molar-refractivity contribution >= 4 is 5.97 Å². The Labute approximate surface area is 115 Å². The fourth-order valence-corrected chi connectivity index (χ4v) is 1.97. The normalized spacial score (nSPS) is 10.6. The first-order valence-corrected chi connectivity index (χ1v) is 6.11. The van der Waals surface area contributed by atoms with E-state index in [1.54, 1.807) is 10.9 Å². The van der Waals surface area contributed by atoms with E-state index in [1.165, 1.54) is 12.3 Å². The summed E-state index contributed by atoms with van der Waals surface area (Å²) in [5, 5.41) is 13.1. The van der Waals surface area contributed by atoms with Gasteiger partial charge in [0, 0.05) is 11.8 Å². The van der Waals surface area contributed by atoms with Crippen LogP contribution in [0.4, 0.5) is 0 Å². The molecule has 0 radical (unpaired) electrons. The molecule has 3 aromatic rings. The van der Waals surface area contributed by atoms with Crippen LogP contribution in [0.3, 0.4) is 0 Å². The first-order valence-electron chi connectivity index (χ1n) is 6.11. The first-order chi connectivity index (χ1) is 9.72. The van der Waals surface area contributed by atoms with Gasteiger partial charge in [-0.2, -0.15) is 5.10 Å². The van der Waals surface area contributed by atoms with Crippen LogP contribution in [0.2, 0.25) is 0 Å². The summed E-state index contributed by atoms with van der Waals surface area (Å²) in [6, 6.07) is 11.4. The number of aromatic carboxylic acids is 1. The average molecular weight is 268 g/mol. The van der Waals surface area contributed by atoms with Crippen molar-refractivity contribution in [2.24, 2.45) is 0 Å². The highest BCUT2D eigenvalue weighted by Crippen LogP contribution is 2.18. The van der Waals surface area contributed by atoms with Crippen LogP contribution in [-0.2, 0) is 6.54 Å². The topological polar surface area (TPSA) is 68.3 Å². The summed E-state index contributed by atoms with van der Waals surface area (Å²) in [4.78, 5) is 10.8. The molecule has 0 bridgehead atoms. The number of carboxylic acids is 1. The Hall–Kier alpha value is -2.82. The Balaban J connectivity index is 1.78. The molecule has 100 valence electrons. The van der Waals surface area contributed by atoms with Gasteiger partial charge in [0.15, 0.2) is 0 Å². The zero-order chi connectivity index (χ0) is 13.9. The van der Waals surface area contributed by atoms with Crippen LogP contribution in [0.25, 0.3) is 11.1 Å². The molecule has 0 saturated carbocycles. The van der Waals surface area contributed by atoms with Crippen LogP contribution < -0.4 is 0 Å². The fourth-order valence-electron chi connectivity index (χ4n) is 1.97. The van der Waals surface area contributed by atoms with Gasteiger partial charge in [-0.1, -0.05) is 30.3 Å². The monoisotopic (exact) mass is 268 g/mol. The maximum atomic E-state index is 10.8. The molecular formula is C15H12N2O3. The minimum Gasteiger partial charge on any atom is -0.478 e. The molecule has 5 heteroatoms. The second-order valence-corrected chi connectivity index (χ2v) is 4.40. The van der Waals surface area contributed by atoms with Gasteiger partial charge in [0.05, 0.1) is 18.3 Å². The summed E-state index contributed by atoms with van der Waals surface area (Å²) in [7, 11) is 0. The molecule has 0 aliphatic carbocycles. The predicted octanol–water partition coefficient (Wildman–Crippen LogP) is 2.89. The summed E-state index contributed by atoms with van der Waals surface area (Å²) in [6.07, 6.45) is 4.91. The van der Waals surface area contributed by atoms with Crippen LogP contribution in [0.15, 0.2) is 59.5 Å². The number of aromatic nitrogens is 2. The molecule has 1 aromatic carbocycles. The van der Waals surface area contributed by atoms with E-state index in [-0.39, 0.29) is 5.56 Å². The third-order valence-electron chi connectivity index (χ3n) is 2.96. The van der Waals surface area contributed by atoms with Crippen molar-refractivity contribution in [1.82, 2.24) is 9.78 Å². The van der Waals surface area contributed by atoms with Crippen molar-refractivity contribution in [2.75, 3.05) is 0 Å². The maximum absolute atomic E-state index is 10.8. The van der Waals surface area contributed by atoms with Crippen LogP contribution in [-0.4, -0.2) is 20.9 Å². The average Bonchev–Trinajstić information content (AvgIpc) is 3.10. The Kier molecular flexibility index (Phi) is 3.09. The standard InChI is InChI=1S/C15H12N2O3/c18-15(19)12-6-14(20-10-12)9-17-8-13(7-16-17)11-4-2-1-3-5-11/h1-8,10H,9H2,(H,18,19). The number of nitrogens with zero attached hydrogens (tertiary/aromatic N) is 2. The summed E-state index contributed by atoms with van der Waals surface area (Å²) in [5.41, 5.74) is 2.25. The van der Waals surface area contributed by atoms with Gasteiger partial charge in [0.1, 0.15) is 12.0 Å². The van der Waals surface area contributed by atoms with Crippen LogP contribution in [0.1, 0.15) is 16.1 Å². The number of carbonyl (C=O) groups is 1. The first kappa shape index (κ1) is 12.2. The Morgan fingerprint density at radius 3 is 2.75 bits per heavy atom. The van der Waals surface area contributed by atoms with Crippen LogP contribution in [0, 0.1) is 0 Å². The molecular weight excluding hydrogens is 256 g/mol. The third kappa shape index (κ3) is 2.47. The Bertz CT molecular complexity index is 728. The molecule has 0 aliphatic rings. The molecule has 0 atom stereocenters. The third-order valence-corrected chi connectivity index (χ3v) is 2.96. The molecule has 0 saturated heterocycles. The summed E-state index contributed by atoms with van der Waals surface area (Å²) < 4.78 is 6.92. The molecule has 0 aliphatic heterocycles. The van der Waals surface area contributed by atoms with Crippen molar-refractivity contribution in [3.8, 4) is 11.1 Å². The van der Waals surface area contributed by atoms with E-state index in [4.69, 9.17) is 9.52 Å². The fraction of sp³-hybridized carbons (Fsp3) is 0.0667. The minimum atomic E-state index is -0.995. The van der Waals surface area contributed by atoms with Gasteiger partial charge in [0.25, 0.3) is 0 Å². The lowest BCUT2D eigenvalue weighted by Crippen LogP contribution is -1.98. The van der Waals surface area contributed by atoms with E-state index in [2.05, 4.69) is 5.10 Å². The summed E-state index contributed by atoms with van der Waals surface area (Å²) in [5.74, 6) is -0.435. The summed E-state index contributed by atoms with van der Waals surface area (Å²) in [6.45, 7) is 0.403. The smallest absolute Gasteiger partial charge is 0.338 e. The number of hydrogen-bond donors (Lipinski definition) is 1. The molecule has 5 nitrogen and oxygen atoms in total.